The molecule has 0 N–H and O–H groups in total. The Hall–Kier alpha value is -2.31. The molecule has 4 rings (SSSR count). The largest absolute Gasteiger partial charge is 0.459 e. The van der Waals surface area contributed by atoms with Gasteiger partial charge in [0, 0.05) is 19.0 Å². The molecule has 1 amide bonds. The molecule has 1 fully saturated rings. The average molecular weight is 392 g/mol. The minimum atomic E-state index is -0.0949. The lowest BCUT2D eigenvalue weighted by atomic mass is 9.96. The lowest BCUT2D eigenvalue weighted by molar-refractivity contribution is 0.0672. The van der Waals surface area contributed by atoms with Crippen LogP contribution in [0.1, 0.15) is 35.2 Å². The molecule has 8 heteroatoms. The second-order valence-corrected chi connectivity index (χ2v) is 6.91. The van der Waals surface area contributed by atoms with Crippen molar-refractivity contribution in [2.45, 2.75) is 18.8 Å². The maximum atomic E-state index is 12.3. The van der Waals surface area contributed by atoms with Crippen LogP contribution in [-0.2, 0) is 0 Å². The van der Waals surface area contributed by atoms with E-state index >= 15 is 0 Å². The number of carbonyl (C=O) groups is 1. The summed E-state index contributed by atoms with van der Waals surface area (Å²) < 4.78 is 10.6. The molecule has 0 spiro atoms. The number of hydrogen-bond donors (Lipinski definition) is 0. The van der Waals surface area contributed by atoms with Gasteiger partial charge in [0.2, 0.25) is 11.7 Å². The number of hydrogen-bond acceptors (Lipinski definition) is 5. The molecule has 1 aromatic carbocycles. The van der Waals surface area contributed by atoms with Crippen molar-refractivity contribution in [1.29, 1.82) is 0 Å². The molecular formula is C18H15Cl2N3O3. The number of amides is 1. The summed E-state index contributed by atoms with van der Waals surface area (Å²) in [4.78, 5) is 18.6. The quantitative estimate of drug-likeness (QED) is 0.649. The number of halogens is 2. The SMILES string of the molecule is O=C(c1ccco1)N1CCC(c2nc(-c3c(Cl)cccc3Cl)no2)CC1. The van der Waals surface area contributed by atoms with Crippen molar-refractivity contribution in [3.05, 3.63) is 58.3 Å². The van der Waals surface area contributed by atoms with Crippen LogP contribution in [0.4, 0.5) is 0 Å². The summed E-state index contributed by atoms with van der Waals surface area (Å²) >= 11 is 12.4. The smallest absolute Gasteiger partial charge is 0.289 e. The van der Waals surface area contributed by atoms with Crippen LogP contribution in [0.25, 0.3) is 11.4 Å². The van der Waals surface area contributed by atoms with Crippen LogP contribution in [-0.4, -0.2) is 34.0 Å². The third-order valence-corrected chi connectivity index (χ3v) is 5.12. The van der Waals surface area contributed by atoms with Crippen LogP contribution in [0, 0.1) is 0 Å². The van der Waals surface area contributed by atoms with E-state index in [1.807, 2.05) is 0 Å². The summed E-state index contributed by atoms with van der Waals surface area (Å²) in [6.07, 6.45) is 2.98. The number of benzene rings is 1. The molecule has 3 aromatic rings. The molecule has 26 heavy (non-hydrogen) atoms. The fourth-order valence-corrected chi connectivity index (χ4v) is 3.67. The number of likely N-dealkylation sites (tertiary alicyclic amines) is 1. The van der Waals surface area contributed by atoms with E-state index in [1.54, 1.807) is 35.2 Å². The van der Waals surface area contributed by atoms with Crippen LogP contribution in [0.3, 0.4) is 0 Å². The molecule has 0 unspecified atom stereocenters. The fraction of sp³-hybridized carbons (Fsp3) is 0.278. The molecule has 134 valence electrons. The van der Waals surface area contributed by atoms with Crippen LogP contribution in [0.2, 0.25) is 10.0 Å². The highest BCUT2D eigenvalue weighted by molar-refractivity contribution is 6.38. The normalized spacial score (nSPS) is 15.4. The van der Waals surface area contributed by atoms with E-state index in [4.69, 9.17) is 32.1 Å². The lowest BCUT2D eigenvalue weighted by Crippen LogP contribution is -2.37. The van der Waals surface area contributed by atoms with Crippen LogP contribution in [0.15, 0.2) is 45.5 Å². The maximum Gasteiger partial charge on any atom is 0.289 e. The van der Waals surface area contributed by atoms with E-state index in [0.29, 0.717) is 46.2 Å². The molecule has 1 aliphatic rings. The van der Waals surface area contributed by atoms with Gasteiger partial charge in [0.05, 0.1) is 21.9 Å². The Morgan fingerprint density at radius 2 is 1.85 bits per heavy atom. The van der Waals surface area contributed by atoms with Crippen molar-refractivity contribution in [3.8, 4) is 11.4 Å². The Labute approximate surface area is 159 Å². The van der Waals surface area contributed by atoms with Crippen molar-refractivity contribution in [2.75, 3.05) is 13.1 Å². The zero-order valence-corrected chi connectivity index (χ0v) is 15.2. The molecule has 3 heterocycles. The number of furan rings is 1. The maximum absolute atomic E-state index is 12.3. The summed E-state index contributed by atoms with van der Waals surface area (Å²) in [7, 11) is 0. The predicted octanol–water partition coefficient (Wildman–Crippen LogP) is 4.66. The Morgan fingerprint density at radius 1 is 1.12 bits per heavy atom. The van der Waals surface area contributed by atoms with Gasteiger partial charge in [0.15, 0.2) is 5.76 Å². The van der Waals surface area contributed by atoms with Gasteiger partial charge in [-0.25, -0.2) is 0 Å². The molecule has 0 atom stereocenters. The summed E-state index contributed by atoms with van der Waals surface area (Å²) in [6, 6.07) is 8.61. The first-order chi connectivity index (χ1) is 12.6. The van der Waals surface area contributed by atoms with Gasteiger partial charge >= 0.3 is 0 Å². The van der Waals surface area contributed by atoms with Crippen molar-refractivity contribution < 1.29 is 13.7 Å². The van der Waals surface area contributed by atoms with E-state index in [2.05, 4.69) is 10.1 Å². The number of nitrogens with zero attached hydrogens (tertiary/aromatic N) is 3. The van der Waals surface area contributed by atoms with E-state index < -0.39 is 0 Å². The summed E-state index contributed by atoms with van der Waals surface area (Å²) in [5.74, 6) is 1.28. The van der Waals surface area contributed by atoms with Gasteiger partial charge in [-0.15, -0.1) is 0 Å². The molecule has 2 aromatic heterocycles. The van der Waals surface area contributed by atoms with Crippen molar-refractivity contribution in [2.24, 2.45) is 0 Å². The standard InChI is InChI=1S/C18H15Cl2N3O3/c19-12-3-1-4-13(20)15(12)16-21-17(26-22-16)11-6-8-23(9-7-11)18(24)14-5-2-10-25-14/h1-5,10-11H,6-9H2. The van der Waals surface area contributed by atoms with Crippen molar-refractivity contribution >= 4 is 29.1 Å². The highest BCUT2D eigenvalue weighted by Gasteiger charge is 2.29. The zero-order valence-electron chi connectivity index (χ0n) is 13.7. The monoisotopic (exact) mass is 391 g/mol. The Kier molecular flexibility index (Phi) is 4.70. The van der Waals surface area contributed by atoms with Crippen LogP contribution >= 0.6 is 23.2 Å². The van der Waals surface area contributed by atoms with Gasteiger partial charge < -0.3 is 13.8 Å². The van der Waals surface area contributed by atoms with E-state index in [-0.39, 0.29) is 11.8 Å². The lowest BCUT2D eigenvalue weighted by Gasteiger charge is -2.29. The van der Waals surface area contributed by atoms with E-state index in [0.717, 1.165) is 12.8 Å². The minimum absolute atomic E-state index is 0.0949. The molecule has 0 bridgehead atoms. The van der Waals surface area contributed by atoms with E-state index in [9.17, 15) is 4.79 Å². The number of aromatic nitrogens is 2. The Morgan fingerprint density at radius 3 is 2.50 bits per heavy atom. The first-order valence-electron chi connectivity index (χ1n) is 8.24. The minimum Gasteiger partial charge on any atom is -0.459 e. The van der Waals surface area contributed by atoms with Crippen molar-refractivity contribution in [1.82, 2.24) is 15.0 Å². The number of carbonyl (C=O) groups excluding carboxylic acids is 1. The Balaban J connectivity index is 1.46. The number of piperidine rings is 1. The van der Waals surface area contributed by atoms with Gasteiger partial charge in [0.1, 0.15) is 0 Å². The predicted molar refractivity (Wildman–Crippen MR) is 96.3 cm³/mol. The molecule has 1 saturated heterocycles. The van der Waals surface area contributed by atoms with Gasteiger partial charge in [-0.05, 0) is 37.1 Å². The Bertz CT molecular complexity index is 895. The first-order valence-corrected chi connectivity index (χ1v) is 9.00. The third-order valence-electron chi connectivity index (χ3n) is 4.49. The molecule has 0 aliphatic carbocycles. The summed E-state index contributed by atoms with van der Waals surface area (Å²) in [5, 5.41) is 4.98. The van der Waals surface area contributed by atoms with Gasteiger partial charge in [-0.1, -0.05) is 34.4 Å². The van der Waals surface area contributed by atoms with Crippen molar-refractivity contribution in [3.63, 3.8) is 0 Å². The fourth-order valence-electron chi connectivity index (χ4n) is 3.10. The second kappa shape index (κ2) is 7.13. The number of rotatable bonds is 3. The average Bonchev–Trinajstić information content (AvgIpc) is 3.33. The third kappa shape index (κ3) is 3.22. The topological polar surface area (TPSA) is 72.4 Å². The van der Waals surface area contributed by atoms with Gasteiger partial charge in [-0.3, -0.25) is 4.79 Å². The highest BCUT2D eigenvalue weighted by Crippen LogP contribution is 2.35. The second-order valence-electron chi connectivity index (χ2n) is 6.10. The van der Waals surface area contributed by atoms with Gasteiger partial charge in [-0.2, -0.15) is 4.98 Å². The summed E-state index contributed by atoms with van der Waals surface area (Å²) in [6.45, 7) is 1.21. The highest BCUT2D eigenvalue weighted by atomic mass is 35.5. The van der Waals surface area contributed by atoms with Gasteiger partial charge in [0.25, 0.3) is 5.91 Å². The first kappa shape index (κ1) is 17.1. The van der Waals surface area contributed by atoms with Crippen LogP contribution < -0.4 is 0 Å². The summed E-state index contributed by atoms with van der Waals surface area (Å²) in [5.41, 5.74) is 0.566. The molecule has 0 saturated carbocycles. The molecule has 0 radical (unpaired) electrons. The zero-order chi connectivity index (χ0) is 18.1. The molecular weight excluding hydrogens is 377 g/mol. The van der Waals surface area contributed by atoms with E-state index in [1.165, 1.54) is 6.26 Å². The molecule has 6 nitrogen and oxygen atoms in total. The van der Waals surface area contributed by atoms with Crippen LogP contribution in [0.5, 0.6) is 0 Å². The molecule has 1 aliphatic heterocycles.